The van der Waals surface area contributed by atoms with Crippen LogP contribution in [0, 0.1) is 13.3 Å². The van der Waals surface area contributed by atoms with Gasteiger partial charge in [-0.15, -0.1) is 0 Å². The molecule has 2 saturated carbocycles. The summed E-state index contributed by atoms with van der Waals surface area (Å²) in [7, 11) is 0. The van der Waals surface area contributed by atoms with Gasteiger partial charge in [-0.05, 0) is 50.5 Å². The van der Waals surface area contributed by atoms with Gasteiger partial charge in [0.15, 0.2) is 0 Å². The van der Waals surface area contributed by atoms with Crippen molar-refractivity contribution in [3.05, 3.63) is 38.1 Å². The molecule has 7 heteroatoms. The molecular weight excluding hydrogens is 733 g/mol. The van der Waals surface area contributed by atoms with Crippen LogP contribution in [-0.4, -0.2) is 38.4 Å². The third-order valence-electron chi connectivity index (χ3n) is 5.74. The van der Waals surface area contributed by atoms with Gasteiger partial charge in [-0.3, -0.25) is 0 Å². The second kappa shape index (κ2) is 11.7. The van der Waals surface area contributed by atoms with Crippen molar-refractivity contribution in [3.63, 3.8) is 0 Å². The molecule has 0 spiro atoms. The maximum absolute atomic E-state index is 2.43. The van der Waals surface area contributed by atoms with E-state index in [9.17, 15) is 0 Å². The molecule has 0 saturated heterocycles. The van der Waals surface area contributed by atoms with Crippen LogP contribution in [-0.2, 0) is 11.2 Å². The van der Waals surface area contributed by atoms with Crippen LogP contribution in [0.1, 0.15) is 64.2 Å². The predicted octanol–water partition coefficient (Wildman–Crippen LogP) is 5.79. The Kier molecular flexibility index (Phi) is 9.72. The summed E-state index contributed by atoms with van der Waals surface area (Å²) in [4.78, 5) is 9.47. The van der Waals surface area contributed by atoms with Crippen LogP contribution in [0.2, 0.25) is 0 Å². The molecule has 150 valence electrons. The second-order valence-corrected chi connectivity index (χ2v) is 24.1. The van der Waals surface area contributed by atoms with Crippen LogP contribution in [0.15, 0.2) is 24.8 Å². The van der Waals surface area contributed by atoms with Crippen LogP contribution in [0.25, 0.3) is 0 Å². The van der Waals surface area contributed by atoms with E-state index in [-0.39, 0.29) is 0 Å². The van der Waals surface area contributed by atoms with Crippen molar-refractivity contribution in [1.29, 1.82) is 0 Å². The zero-order valence-corrected chi connectivity index (χ0v) is 21.8. The first-order valence-electron chi connectivity index (χ1n) is 9.75. The summed E-state index contributed by atoms with van der Waals surface area (Å²) in [6, 6.07) is 1.45. The van der Waals surface area contributed by atoms with E-state index in [1.165, 1.54) is 64.2 Å². The van der Waals surface area contributed by atoms with E-state index in [0.717, 1.165) is 18.8 Å². The average molecular weight is 763 g/mol. The van der Waals surface area contributed by atoms with Gasteiger partial charge in [-0.25, -0.2) is 0 Å². The standard InChI is InChI=1S/C19H30N4.2HI.Pt/c1-3-7-18(8-4-1)22-13-11-20(16-22)15-21-12-14-23(17-21)19-9-5-2-6-10-19;;;/h11-14,16-19H,1-10,15H2;2*1H;/q-2;;;+4/p-2. The predicted molar refractivity (Wildman–Crippen MR) is 121 cm³/mol. The van der Waals surface area contributed by atoms with Gasteiger partial charge in [0.05, 0.1) is 0 Å². The Morgan fingerprint density at radius 2 is 1.08 bits per heavy atom. The second-order valence-electron chi connectivity index (χ2n) is 7.52. The van der Waals surface area contributed by atoms with E-state index in [2.05, 4.69) is 96.4 Å². The summed E-state index contributed by atoms with van der Waals surface area (Å²) in [5, 5.41) is 0. The minimum absolute atomic E-state index is 0.523. The molecule has 0 aromatic rings. The molecule has 0 radical (unpaired) electrons. The molecule has 0 aromatic carbocycles. The third kappa shape index (κ3) is 6.43. The molecule has 2 fully saturated rings. The molecule has 4 nitrogen and oxygen atoms in total. The molecule has 0 atom stereocenters. The quantitative estimate of drug-likeness (QED) is 0.266. The summed E-state index contributed by atoms with van der Waals surface area (Å²) in [6.45, 7) is 5.50. The first-order chi connectivity index (χ1) is 12.8. The molecule has 4 rings (SSSR count). The van der Waals surface area contributed by atoms with E-state index in [0.29, 0.717) is 11.2 Å². The molecule has 26 heavy (non-hydrogen) atoms. The first kappa shape index (κ1) is 21.5. The molecule has 0 bridgehead atoms. The average Bonchev–Trinajstić information content (AvgIpc) is 3.34. The number of nitrogens with zero attached hydrogens (tertiary/aromatic N) is 4. The Morgan fingerprint density at radius 1 is 0.692 bits per heavy atom. The maximum atomic E-state index is 2.43. The van der Waals surface area contributed by atoms with Gasteiger partial charge < -0.3 is 19.6 Å². The zero-order chi connectivity index (χ0) is 18.2. The number of halogens is 2. The van der Waals surface area contributed by atoms with Crippen molar-refractivity contribution < 1.29 is 11.2 Å². The fourth-order valence-electron chi connectivity index (χ4n) is 4.37. The molecule has 0 amide bonds. The van der Waals surface area contributed by atoms with E-state index in [4.69, 9.17) is 0 Å². The number of hydrogen-bond acceptors (Lipinski definition) is 4. The summed E-state index contributed by atoms with van der Waals surface area (Å²) in [5.41, 5.74) is 0. The fourth-order valence-corrected chi connectivity index (χ4v) is 4.37. The van der Waals surface area contributed by atoms with Crippen LogP contribution >= 0.6 is 38.7 Å². The van der Waals surface area contributed by atoms with Crippen LogP contribution in [0.3, 0.4) is 0 Å². The van der Waals surface area contributed by atoms with Crippen molar-refractivity contribution in [2.75, 3.05) is 6.67 Å². The van der Waals surface area contributed by atoms with Gasteiger partial charge in [-0.1, -0.05) is 38.5 Å². The molecule has 2 heterocycles. The molecular formula is C19H30I2N4Pt. The SMILES string of the molecule is C1=CN(C2CCCCC2)[CH-]N1CN1C=CN(C2CCCCC2)[CH-]1.[I][Pt+2][I]. The topological polar surface area (TPSA) is 13.0 Å². The van der Waals surface area contributed by atoms with Crippen molar-refractivity contribution in [3.8, 4) is 0 Å². The normalized spacial score (nSPS) is 24.5. The van der Waals surface area contributed by atoms with Crippen LogP contribution < -0.4 is 0 Å². The van der Waals surface area contributed by atoms with E-state index >= 15 is 0 Å². The first-order valence-corrected chi connectivity index (χ1v) is 22.6. The van der Waals surface area contributed by atoms with Crippen molar-refractivity contribution in [1.82, 2.24) is 19.6 Å². The number of hydrogen-bond donors (Lipinski definition) is 0. The fraction of sp³-hybridized carbons (Fsp3) is 0.684. The van der Waals surface area contributed by atoms with Crippen molar-refractivity contribution >= 4 is 38.7 Å². The van der Waals surface area contributed by atoms with Gasteiger partial charge in [0.2, 0.25) is 0 Å². The van der Waals surface area contributed by atoms with Gasteiger partial charge in [-0.2, -0.15) is 13.3 Å². The molecule has 2 aliphatic carbocycles. The van der Waals surface area contributed by atoms with Crippen LogP contribution in [0.4, 0.5) is 0 Å². The van der Waals surface area contributed by atoms with E-state index < -0.39 is 0 Å². The van der Waals surface area contributed by atoms with E-state index in [1.807, 2.05) is 0 Å². The Morgan fingerprint density at radius 3 is 1.46 bits per heavy atom. The summed E-state index contributed by atoms with van der Waals surface area (Å²) in [6.07, 6.45) is 22.7. The molecule has 0 unspecified atom stereocenters. The van der Waals surface area contributed by atoms with Gasteiger partial charge >= 0.3 is 49.9 Å². The Labute approximate surface area is 189 Å². The summed E-state index contributed by atoms with van der Waals surface area (Å²) in [5.74, 6) is 0. The van der Waals surface area contributed by atoms with Gasteiger partial charge in [0.25, 0.3) is 0 Å². The minimum atomic E-state index is 0.523. The summed E-state index contributed by atoms with van der Waals surface area (Å²) < 4.78 is 0. The zero-order valence-electron chi connectivity index (χ0n) is 15.3. The molecule has 2 aliphatic heterocycles. The van der Waals surface area contributed by atoms with Crippen molar-refractivity contribution in [2.45, 2.75) is 76.3 Å². The Balaban J connectivity index is 0.000000613. The van der Waals surface area contributed by atoms with Crippen LogP contribution in [0.5, 0.6) is 0 Å². The van der Waals surface area contributed by atoms with Gasteiger partial charge in [0, 0.05) is 18.8 Å². The Bertz CT molecular complexity index is 424. The molecule has 0 N–H and O–H groups in total. The summed E-state index contributed by atoms with van der Waals surface area (Å²) >= 11 is 5.30. The van der Waals surface area contributed by atoms with Gasteiger partial charge in [0.1, 0.15) is 0 Å². The third-order valence-corrected chi connectivity index (χ3v) is 5.74. The number of rotatable bonds is 4. The monoisotopic (exact) mass is 763 g/mol. The van der Waals surface area contributed by atoms with Crippen molar-refractivity contribution in [2.24, 2.45) is 0 Å². The molecule has 4 aliphatic rings. The molecule has 0 aromatic heterocycles. The Hall–Kier alpha value is 0.828. The van der Waals surface area contributed by atoms with E-state index in [1.54, 1.807) is 0 Å².